The van der Waals surface area contributed by atoms with Crippen molar-refractivity contribution in [2.75, 3.05) is 20.2 Å². The van der Waals surface area contributed by atoms with Gasteiger partial charge in [0, 0.05) is 19.0 Å². The van der Waals surface area contributed by atoms with Crippen LogP contribution >= 0.6 is 0 Å². The van der Waals surface area contributed by atoms with Crippen molar-refractivity contribution >= 4 is 16.0 Å². The minimum atomic E-state index is -3.68. The molecule has 0 radical (unpaired) electrons. The molecule has 9 heteroatoms. The van der Waals surface area contributed by atoms with Gasteiger partial charge in [0.2, 0.25) is 10.0 Å². The molecule has 5 atom stereocenters. The smallest absolute Gasteiger partial charge is 0.303 e. The highest BCUT2D eigenvalue weighted by atomic mass is 32.2. The van der Waals surface area contributed by atoms with E-state index in [2.05, 4.69) is 15.7 Å². The van der Waals surface area contributed by atoms with Crippen LogP contribution < -0.4 is 14.2 Å². The summed E-state index contributed by atoms with van der Waals surface area (Å²) < 4.78 is 49.3. The van der Waals surface area contributed by atoms with Crippen LogP contribution in [0, 0.1) is 12.8 Å². The molecular formula is C31H38N2O6S. The minimum Gasteiger partial charge on any atom is -0.493 e. The molecule has 8 nitrogen and oxygen atoms in total. The van der Waals surface area contributed by atoms with Crippen LogP contribution in [-0.2, 0) is 37.1 Å². The third-order valence-electron chi connectivity index (χ3n) is 10.2. The second kappa shape index (κ2) is 9.19. The van der Waals surface area contributed by atoms with E-state index in [0.29, 0.717) is 30.3 Å². The highest BCUT2D eigenvalue weighted by Crippen LogP contribution is 2.67. The van der Waals surface area contributed by atoms with Gasteiger partial charge in [0.15, 0.2) is 11.5 Å². The SMILES string of the molecule is COc1ccc2c3c1O[C@H]1[C@H](NS(=O)(=O)Cc4ccccc4C)CC[C@@]4(OC(C)=O)[C@@H](C2)N(CC2CC2)CC[C@]314. The van der Waals surface area contributed by atoms with Crippen molar-refractivity contribution in [3.8, 4) is 11.5 Å². The van der Waals surface area contributed by atoms with Gasteiger partial charge in [-0.3, -0.25) is 9.69 Å². The molecule has 3 fully saturated rings. The number of nitrogens with zero attached hydrogens (tertiary/aromatic N) is 1. The number of ether oxygens (including phenoxy) is 3. The topological polar surface area (TPSA) is 94.2 Å². The average Bonchev–Trinajstić information content (AvgIpc) is 3.65. The van der Waals surface area contributed by atoms with Gasteiger partial charge >= 0.3 is 5.97 Å². The maximum absolute atomic E-state index is 13.6. The molecule has 1 saturated heterocycles. The summed E-state index contributed by atoms with van der Waals surface area (Å²) in [6, 6.07) is 11.2. The van der Waals surface area contributed by atoms with Crippen LogP contribution in [0.25, 0.3) is 0 Å². The molecule has 2 saturated carbocycles. The van der Waals surface area contributed by atoms with Crippen molar-refractivity contribution in [3.63, 3.8) is 0 Å². The third-order valence-corrected chi connectivity index (χ3v) is 11.5. The van der Waals surface area contributed by atoms with E-state index < -0.39 is 33.2 Å². The number of esters is 1. The van der Waals surface area contributed by atoms with Crippen LogP contribution in [0.3, 0.4) is 0 Å². The first-order chi connectivity index (χ1) is 19.2. The standard InChI is InChI=1S/C31H38N2O6S/c1-19-6-4-5-7-23(19)18-40(35,36)32-24-12-13-31(39-20(2)34)26-16-22-10-11-25(37-3)28-27(22)30(31,29(24)38-28)14-15-33(26)17-21-8-9-21/h4-7,10-11,21,24,26,29,32H,8-9,12-18H2,1-3H3/t24-,26-,29+,30+,31-/m1/s1. The first-order valence-electron chi connectivity index (χ1n) is 14.5. The van der Waals surface area contributed by atoms with E-state index in [-0.39, 0.29) is 17.8 Å². The fraction of sp³-hybridized carbons (Fsp3) is 0.581. The summed E-state index contributed by atoms with van der Waals surface area (Å²) in [5.74, 6) is 1.64. The van der Waals surface area contributed by atoms with E-state index in [0.717, 1.165) is 42.6 Å². The maximum atomic E-state index is 13.6. The minimum absolute atomic E-state index is 0.0215. The number of rotatable bonds is 8. The van der Waals surface area contributed by atoms with Crippen molar-refractivity contribution < 1.29 is 27.4 Å². The number of sulfonamides is 1. The Hall–Kier alpha value is -2.62. The fourth-order valence-corrected chi connectivity index (χ4v) is 9.96. The van der Waals surface area contributed by atoms with Gasteiger partial charge in [-0.25, -0.2) is 13.1 Å². The molecule has 1 spiro atoms. The molecule has 0 amide bonds. The summed E-state index contributed by atoms with van der Waals surface area (Å²) in [6.07, 6.45) is 4.60. The first-order valence-corrected chi connectivity index (χ1v) is 16.2. The van der Waals surface area contributed by atoms with Gasteiger partial charge in [0.05, 0.1) is 30.4 Å². The fourth-order valence-electron chi connectivity index (χ4n) is 8.44. The third kappa shape index (κ3) is 3.84. The largest absolute Gasteiger partial charge is 0.493 e. The number of hydrogen-bond donors (Lipinski definition) is 1. The van der Waals surface area contributed by atoms with Crippen molar-refractivity contribution in [2.24, 2.45) is 5.92 Å². The summed E-state index contributed by atoms with van der Waals surface area (Å²) in [5, 5.41) is 0. The molecule has 40 heavy (non-hydrogen) atoms. The quantitative estimate of drug-likeness (QED) is 0.488. The van der Waals surface area contributed by atoms with Gasteiger partial charge in [-0.2, -0.15) is 0 Å². The summed E-state index contributed by atoms with van der Waals surface area (Å²) in [5.41, 5.74) is 2.52. The van der Waals surface area contributed by atoms with Crippen LogP contribution in [0.4, 0.5) is 0 Å². The molecule has 0 aromatic heterocycles. The number of carbonyl (C=O) groups is 1. The Labute approximate surface area is 236 Å². The second-order valence-electron chi connectivity index (χ2n) is 12.5. The predicted octanol–water partition coefficient (Wildman–Crippen LogP) is 3.63. The Kier molecular flexibility index (Phi) is 6.04. The van der Waals surface area contributed by atoms with Gasteiger partial charge in [0.25, 0.3) is 0 Å². The molecule has 1 N–H and O–H groups in total. The molecule has 2 heterocycles. The summed E-state index contributed by atoms with van der Waals surface area (Å²) in [4.78, 5) is 15.4. The number of likely N-dealkylation sites (tertiary alicyclic amines) is 1. The van der Waals surface area contributed by atoms with Crippen LogP contribution in [0.5, 0.6) is 11.5 Å². The molecule has 2 aromatic rings. The van der Waals surface area contributed by atoms with Gasteiger partial charge < -0.3 is 14.2 Å². The van der Waals surface area contributed by atoms with Crippen molar-refractivity contribution in [2.45, 2.75) is 87.3 Å². The van der Waals surface area contributed by atoms with Crippen LogP contribution in [0.15, 0.2) is 36.4 Å². The molecule has 2 aliphatic heterocycles. The molecular weight excluding hydrogens is 528 g/mol. The van der Waals surface area contributed by atoms with Crippen molar-refractivity contribution in [3.05, 3.63) is 58.7 Å². The van der Waals surface area contributed by atoms with Crippen LogP contribution in [0.1, 0.15) is 61.3 Å². The number of aryl methyl sites for hydroxylation is 1. The van der Waals surface area contributed by atoms with Gasteiger partial charge in [-0.1, -0.05) is 30.3 Å². The lowest BCUT2D eigenvalue weighted by molar-refractivity contribution is -0.218. The molecule has 2 bridgehead atoms. The number of carbonyl (C=O) groups excluding carboxylic acids is 1. The van der Waals surface area contributed by atoms with Gasteiger partial charge in [0.1, 0.15) is 11.7 Å². The van der Waals surface area contributed by atoms with E-state index >= 15 is 0 Å². The lowest BCUT2D eigenvalue weighted by Crippen LogP contribution is -2.79. The van der Waals surface area contributed by atoms with E-state index in [1.165, 1.54) is 25.3 Å². The molecule has 3 aliphatic carbocycles. The molecule has 7 rings (SSSR count). The number of hydrogen-bond acceptors (Lipinski definition) is 7. The zero-order valence-electron chi connectivity index (χ0n) is 23.4. The zero-order valence-corrected chi connectivity index (χ0v) is 24.3. The van der Waals surface area contributed by atoms with Crippen molar-refractivity contribution in [1.82, 2.24) is 9.62 Å². The molecule has 5 aliphatic rings. The highest BCUT2D eigenvalue weighted by Gasteiger charge is 2.75. The molecule has 0 unspecified atom stereocenters. The van der Waals surface area contributed by atoms with Crippen molar-refractivity contribution in [1.29, 1.82) is 0 Å². The summed E-state index contributed by atoms with van der Waals surface area (Å²) in [7, 11) is -2.05. The Balaban J connectivity index is 1.32. The number of nitrogens with one attached hydrogen (secondary N) is 1. The molecule has 2 aromatic carbocycles. The van der Waals surface area contributed by atoms with Gasteiger partial charge in [-0.15, -0.1) is 0 Å². The Morgan fingerprint density at radius 1 is 1.15 bits per heavy atom. The number of benzene rings is 2. The number of piperidine rings is 1. The van der Waals surface area contributed by atoms with E-state index in [4.69, 9.17) is 14.2 Å². The number of methoxy groups -OCH3 is 1. The van der Waals surface area contributed by atoms with E-state index in [9.17, 15) is 13.2 Å². The molecule has 214 valence electrons. The summed E-state index contributed by atoms with van der Waals surface area (Å²) in [6.45, 7) is 5.30. The van der Waals surface area contributed by atoms with Crippen LogP contribution in [0.2, 0.25) is 0 Å². The zero-order chi connectivity index (χ0) is 27.9. The lowest BCUT2D eigenvalue weighted by Gasteiger charge is -2.65. The second-order valence-corrected chi connectivity index (χ2v) is 14.2. The Morgan fingerprint density at radius 2 is 1.95 bits per heavy atom. The average molecular weight is 567 g/mol. The highest BCUT2D eigenvalue weighted by molar-refractivity contribution is 7.88. The monoisotopic (exact) mass is 566 g/mol. The van der Waals surface area contributed by atoms with Crippen LogP contribution in [-0.4, -0.2) is 63.3 Å². The maximum Gasteiger partial charge on any atom is 0.303 e. The Bertz CT molecular complexity index is 1470. The predicted molar refractivity (Wildman–Crippen MR) is 150 cm³/mol. The summed E-state index contributed by atoms with van der Waals surface area (Å²) >= 11 is 0. The normalized spacial score (nSPS) is 32.2. The van der Waals surface area contributed by atoms with Gasteiger partial charge in [-0.05, 0) is 80.7 Å². The van der Waals surface area contributed by atoms with E-state index in [1.54, 1.807) is 7.11 Å². The first kappa shape index (κ1) is 26.3. The van der Waals surface area contributed by atoms with E-state index in [1.807, 2.05) is 37.3 Å². The Morgan fingerprint density at radius 3 is 2.67 bits per heavy atom. The lowest BCUT2D eigenvalue weighted by atomic mass is 9.48.